The van der Waals surface area contributed by atoms with Gasteiger partial charge in [0.2, 0.25) is 5.91 Å². The summed E-state index contributed by atoms with van der Waals surface area (Å²) in [5.74, 6) is 0.805. The summed E-state index contributed by atoms with van der Waals surface area (Å²) >= 11 is 0. The average molecular weight is 305 g/mol. The Labute approximate surface area is 133 Å². The first-order chi connectivity index (χ1) is 10.7. The van der Waals surface area contributed by atoms with E-state index in [1.165, 1.54) is 0 Å². The lowest BCUT2D eigenvalue weighted by Crippen LogP contribution is -2.40. The van der Waals surface area contributed by atoms with E-state index in [1.807, 2.05) is 35.2 Å². The molecule has 1 rings (SSSR count). The zero-order valence-corrected chi connectivity index (χ0v) is 14.0. The van der Waals surface area contributed by atoms with Gasteiger partial charge in [0.25, 0.3) is 0 Å². The minimum absolute atomic E-state index is 0.0218. The molecular weight excluding hydrogens is 278 g/mol. The highest BCUT2D eigenvalue weighted by Gasteiger charge is 2.18. The number of hydrogen-bond acceptors (Lipinski definition) is 3. The van der Waals surface area contributed by atoms with E-state index in [1.54, 1.807) is 20.3 Å². The fourth-order valence-corrected chi connectivity index (χ4v) is 2.40. The second-order valence-corrected chi connectivity index (χ2v) is 5.10. The highest BCUT2D eigenvalue weighted by atomic mass is 16.5. The SMILES string of the molecule is CCC(CC)N(CCOC)C(=O)C=Cc1cccc(OC)c1. The van der Waals surface area contributed by atoms with Crippen LogP contribution in [-0.2, 0) is 9.53 Å². The Morgan fingerprint density at radius 2 is 2.00 bits per heavy atom. The molecule has 0 aliphatic carbocycles. The van der Waals surface area contributed by atoms with Crippen LogP contribution >= 0.6 is 0 Å². The average Bonchev–Trinajstić information content (AvgIpc) is 2.56. The molecule has 0 aromatic heterocycles. The maximum atomic E-state index is 12.5. The van der Waals surface area contributed by atoms with E-state index in [2.05, 4.69) is 13.8 Å². The van der Waals surface area contributed by atoms with E-state index >= 15 is 0 Å². The molecule has 0 saturated carbocycles. The monoisotopic (exact) mass is 305 g/mol. The minimum atomic E-state index is 0.0218. The molecule has 0 radical (unpaired) electrons. The van der Waals surface area contributed by atoms with Gasteiger partial charge in [-0.1, -0.05) is 26.0 Å². The van der Waals surface area contributed by atoms with Gasteiger partial charge in [0, 0.05) is 25.8 Å². The summed E-state index contributed by atoms with van der Waals surface area (Å²) < 4.78 is 10.3. The molecule has 0 fully saturated rings. The zero-order chi connectivity index (χ0) is 16.4. The van der Waals surface area contributed by atoms with Gasteiger partial charge in [-0.2, -0.15) is 0 Å². The van der Waals surface area contributed by atoms with Crippen molar-refractivity contribution < 1.29 is 14.3 Å². The van der Waals surface area contributed by atoms with Crippen LogP contribution in [0.25, 0.3) is 6.08 Å². The van der Waals surface area contributed by atoms with Crippen molar-refractivity contribution in [3.63, 3.8) is 0 Å². The van der Waals surface area contributed by atoms with E-state index in [-0.39, 0.29) is 11.9 Å². The van der Waals surface area contributed by atoms with Crippen LogP contribution in [0.4, 0.5) is 0 Å². The van der Waals surface area contributed by atoms with E-state index < -0.39 is 0 Å². The second-order valence-electron chi connectivity index (χ2n) is 5.10. The van der Waals surface area contributed by atoms with Crippen LogP contribution in [0.3, 0.4) is 0 Å². The highest BCUT2D eigenvalue weighted by molar-refractivity contribution is 5.92. The van der Waals surface area contributed by atoms with E-state index in [0.29, 0.717) is 13.2 Å². The number of benzene rings is 1. The molecule has 0 N–H and O–H groups in total. The third-order valence-electron chi connectivity index (χ3n) is 3.71. The fourth-order valence-electron chi connectivity index (χ4n) is 2.40. The molecule has 0 spiro atoms. The van der Waals surface area contributed by atoms with Crippen LogP contribution in [0.2, 0.25) is 0 Å². The number of nitrogens with zero attached hydrogens (tertiary/aromatic N) is 1. The predicted octanol–water partition coefficient (Wildman–Crippen LogP) is 3.37. The Hall–Kier alpha value is -1.81. The third kappa shape index (κ3) is 5.53. The lowest BCUT2D eigenvalue weighted by molar-refractivity contribution is -0.129. The number of hydrogen-bond donors (Lipinski definition) is 0. The molecule has 122 valence electrons. The van der Waals surface area contributed by atoms with Gasteiger partial charge in [-0.05, 0) is 36.6 Å². The maximum Gasteiger partial charge on any atom is 0.246 e. The van der Waals surface area contributed by atoms with Crippen molar-refractivity contribution in [2.24, 2.45) is 0 Å². The van der Waals surface area contributed by atoms with Crippen molar-refractivity contribution in [1.29, 1.82) is 0 Å². The molecule has 22 heavy (non-hydrogen) atoms. The van der Waals surface area contributed by atoms with Gasteiger partial charge < -0.3 is 14.4 Å². The summed E-state index contributed by atoms with van der Waals surface area (Å²) in [5, 5.41) is 0. The quantitative estimate of drug-likeness (QED) is 0.657. The van der Waals surface area contributed by atoms with Crippen LogP contribution in [0.1, 0.15) is 32.3 Å². The Bertz CT molecular complexity index is 481. The Morgan fingerprint density at radius 3 is 2.59 bits per heavy atom. The summed E-state index contributed by atoms with van der Waals surface area (Å²) in [7, 11) is 3.29. The molecule has 1 aromatic rings. The first-order valence-electron chi connectivity index (χ1n) is 7.77. The molecule has 4 nitrogen and oxygen atoms in total. The molecule has 4 heteroatoms. The smallest absolute Gasteiger partial charge is 0.246 e. The molecule has 0 heterocycles. The van der Waals surface area contributed by atoms with Crippen molar-refractivity contribution in [2.75, 3.05) is 27.4 Å². The molecule has 0 unspecified atom stereocenters. The van der Waals surface area contributed by atoms with E-state index in [0.717, 1.165) is 24.2 Å². The fraction of sp³-hybridized carbons (Fsp3) is 0.500. The first kappa shape index (κ1) is 18.2. The summed E-state index contributed by atoms with van der Waals surface area (Å²) in [4.78, 5) is 14.4. The Kier molecular flexibility index (Phi) is 8.30. The first-order valence-corrected chi connectivity index (χ1v) is 7.77. The van der Waals surface area contributed by atoms with E-state index in [4.69, 9.17) is 9.47 Å². The summed E-state index contributed by atoms with van der Waals surface area (Å²) in [6.45, 7) is 5.37. The maximum absolute atomic E-state index is 12.5. The zero-order valence-electron chi connectivity index (χ0n) is 14.0. The molecule has 1 amide bonds. The van der Waals surface area contributed by atoms with Crippen molar-refractivity contribution >= 4 is 12.0 Å². The van der Waals surface area contributed by atoms with E-state index in [9.17, 15) is 4.79 Å². The van der Waals surface area contributed by atoms with Crippen LogP contribution in [0.15, 0.2) is 30.3 Å². The Morgan fingerprint density at radius 1 is 1.27 bits per heavy atom. The lowest BCUT2D eigenvalue weighted by atomic mass is 10.1. The van der Waals surface area contributed by atoms with Gasteiger partial charge in [-0.25, -0.2) is 0 Å². The van der Waals surface area contributed by atoms with Crippen molar-refractivity contribution in [3.05, 3.63) is 35.9 Å². The topological polar surface area (TPSA) is 38.8 Å². The van der Waals surface area contributed by atoms with Gasteiger partial charge in [0.15, 0.2) is 0 Å². The molecule has 0 aliphatic heterocycles. The van der Waals surface area contributed by atoms with Gasteiger partial charge >= 0.3 is 0 Å². The number of methoxy groups -OCH3 is 2. The Balaban J connectivity index is 2.81. The number of rotatable bonds is 9. The van der Waals surface area contributed by atoms with Crippen LogP contribution < -0.4 is 4.74 Å². The number of ether oxygens (including phenoxy) is 2. The van der Waals surface area contributed by atoms with Crippen LogP contribution in [0.5, 0.6) is 5.75 Å². The lowest BCUT2D eigenvalue weighted by Gasteiger charge is -2.29. The van der Waals surface area contributed by atoms with Crippen molar-refractivity contribution in [3.8, 4) is 5.75 Å². The summed E-state index contributed by atoms with van der Waals surface area (Å²) in [6, 6.07) is 7.89. The van der Waals surface area contributed by atoms with Gasteiger partial charge in [0.05, 0.1) is 13.7 Å². The molecule has 0 atom stereocenters. The number of amides is 1. The van der Waals surface area contributed by atoms with Gasteiger partial charge in [0.1, 0.15) is 5.75 Å². The minimum Gasteiger partial charge on any atom is -0.497 e. The molecular formula is C18H27NO3. The highest BCUT2D eigenvalue weighted by Crippen LogP contribution is 2.15. The second kappa shape index (κ2) is 10.0. The molecule has 0 bridgehead atoms. The van der Waals surface area contributed by atoms with Gasteiger partial charge in [-0.3, -0.25) is 4.79 Å². The predicted molar refractivity (Wildman–Crippen MR) is 90.0 cm³/mol. The normalized spacial score (nSPS) is 11.1. The number of carbonyl (C=O) groups excluding carboxylic acids is 1. The van der Waals surface area contributed by atoms with Crippen molar-refractivity contribution in [1.82, 2.24) is 4.90 Å². The molecule has 0 aliphatic rings. The van der Waals surface area contributed by atoms with Crippen LogP contribution in [-0.4, -0.2) is 44.2 Å². The largest absolute Gasteiger partial charge is 0.497 e. The van der Waals surface area contributed by atoms with Crippen LogP contribution in [0, 0.1) is 0 Å². The number of carbonyl (C=O) groups is 1. The standard InChI is InChI=1S/C18H27NO3/c1-5-16(6-2)19(12-13-21-3)18(20)11-10-15-8-7-9-17(14-15)22-4/h7-11,14,16H,5-6,12-13H2,1-4H3. The summed E-state index contributed by atoms with van der Waals surface area (Å²) in [5.41, 5.74) is 0.948. The summed E-state index contributed by atoms with van der Waals surface area (Å²) in [6.07, 6.45) is 5.34. The van der Waals surface area contributed by atoms with Crippen molar-refractivity contribution in [2.45, 2.75) is 32.7 Å². The van der Waals surface area contributed by atoms with Gasteiger partial charge in [-0.15, -0.1) is 0 Å². The third-order valence-corrected chi connectivity index (χ3v) is 3.71. The molecule has 1 aromatic carbocycles. The molecule has 0 saturated heterocycles.